The molecule has 0 aliphatic rings. The zero-order chi connectivity index (χ0) is 11.4. The second-order valence-electron chi connectivity index (χ2n) is 2.75. The number of hydrazone groups is 1. The van der Waals surface area contributed by atoms with Crippen LogP contribution in [0, 0.1) is 0 Å². The van der Waals surface area contributed by atoms with Crippen LogP contribution in [0.5, 0.6) is 0 Å². The Morgan fingerprint density at radius 2 is 2.44 bits per heavy atom. The molecule has 2 rings (SSSR count). The van der Waals surface area contributed by atoms with Gasteiger partial charge < -0.3 is 20.5 Å². The molecule has 0 fully saturated rings. The fourth-order valence-corrected chi connectivity index (χ4v) is 1.46. The zero-order valence-corrected chi connectivity index (χ0v) is 8.98. The maximum atomic E-state index is 5.40. The fraction of sp³-hybridized carbons (Fsp3) is 0.125. The van der Waals surface area contributed by atoms with Crippen molar-refractivity contribution in [2.75, 3.05) is 0 Å². The van der Waals surface area contributed by atoms with E-state index < -0.39 is 0 Å². The Balaban J connectivity index is 2.03. The van der Waals surface area contributed by atoms with Crippen LogP contribution in [0.1, 0.15) is 5.89 Å². The summed E-state index contributed by atoms with van der Waals surface area (Å²) < 4.78 is 10.1. The van der Waals surface area contributed by atoms with Crippen LogP contribution in [-0.4, -0.2) is 15.3 Å². The number of nitrogens with two attached hydrogens (primary N) is 2. The van der Waals surface area contributed by atoms with Crippen molar-refractivity contribution >= 4 is 16.9 Å². The molecule has 0 spiro atoms. The average Bonchev–Trinajstić information content (AvgIpc) is 2.95. The molecule has 2 aromatic rings. The third kappa shape index (κ3) is 2.34. The first kappa shape index (κ1) is 10.6. The third-order valence-corrected chi connectivity index (χ3v) is 2.47. The van der Waals surface area contributed by atoms with E-state index in [0.29, 0.717) is 23.2 Å². The Labute approximate surface area is 94.9 Å². The van der Waals surface area contributed by atoms with E-state index in [1.807, 2.05) is 0 Å². The number of hydrogen-bond acceptors (Lipinski definition) is 7. The molecule has 0 unspecified atom stereocenters. The minimum atomic E-state index is 0.262. The summed E-state index contributed by atoms with van der Waals surface area (Å²) in [4.78, 5) is 4.12. The molecule has 0 aliphatic heterocycles. The van der Waals surface area contributed by atoms with Gasteiger partial charge in [0, 0.05) is 0 Å². The molecule has 0 aromatic carbocycles. The summed E-state index contributed by atoms with van der Waals surface area (Å²) in [6.45, 7) is 0. The van der Waals surface area contributed by atoms with Gasteiger partial charge in [-0.3, -0.25) is 0 Å². The van der Waals surface area contributed by atoms with Gasteiger partial charge in [0.2, 0.25) is 11.7 Å². The van der Waals surface area contributed by atoms with Gasteiger partial charge in [-0.25, -0.2) is 0 Å². The lowest BCUT2D eigenvalue weighted by Gasteiger charge is -1.92. The zero-order valence-electron chi connectivity index (χ0n) is 8.16. The van der Waals surface area contributed by atoms with Crippen LogP contribution in [0.25, 0.3) is 11.6 Å². The number of hydrogen-bond donors (Lipinski definition) is 2. The lowest BCUT2D eigenvalue weighted by molar-refractivity contribution is 0.390. The number of rotatable bonds is 3. The monoisotopic (exact) mass is 239 g/mol. The number of nitrogens with zero attached hydrogens (tertiary/aromatic N) is 3. The molecule has 0 bridgehead atoms. The van der Waals surface area contributed by atoms with Crippen LogP contribution in [0.15, 0.2) is 32.4 Å². The lowest BCUT2D eigenvalue weighted by Crippen LogP contribution is -2.09. The minimum Gasteiger partial charge on any atom is -0.461 e. The second-order valence-corrected chi connectivity index (χ2v) is 3.74. The van der Waals surface area contributed by atoms with Gasteiger partial charge in [-0.1, -0.05) is 16.9 Å². The molecule has 0 aliphatic carbocycles. The van der Waals surface area contributed by atoms with E-state index in [2.05, 4.69) is 15.2 Å². The third-order valence-electron chi connectivity index (χ3n) is 1.68. The Bertz CT molecular complexity index is 478. The van der Waals surface area contributed by atoms with E-state index in [9.17, 15) is 0 Å². The van der Waals surface area contributed by atoms with Crippen LogP contribution < -0.4 is 11.6 Å². The normalized spacial score (nSPS) is 11.9. The molecule has 7 nitrogen and oxygen atoms in total. The minimum absolute atomic E-state index is 0.262. The van der Waals surface area contributed by atoms with Gasteiger partial charge in [-0.15, -0.1) is 0 Å². The van der Waals surface area contributed by atoms with Gasteiger partial charge in [0.05, 0.1) is 12.0 Å². The molecule has 0 radical (unpaired) electrons. The summed E-state index contributed by atoms with van der Waals surface area (Å²) in [5, 5.41) is 7.33. The van der Waals surface area contributed by atoms with Gasteiger partial charge in [0.15, 0.2) is 10.9 Å². The van der Waals surface area contributed by atoms with Crippen LogP contribution in [0.3, 0.4) is 0 Å². The highest BCUT2D eigenvalue weighted by Gasteiger charge is 2.10. The van der Waals surface area contributed by atoms with Crippen molar-refractivity contribution in [3.63, 3.8) is 0 Å². The maximum Gasteiger partial charge on any atom is 0.238 e. The highest BCUT2D eigenvalue weighted by atomic mass is 32.2. The summed E-state index contributed by atoms with van der Waals surface area (Å²) in [5.74, 6) is 6.79. The second kappa shape index (κ2) is 4.71. The standard InChI is InChI=1S/C8H9N5O2S/c9-8(12-10)16-4-6-11-7(13-15-6)5-2-1-3-14-5/h1-3H,4,10H2,(H2,9,12). The molecule has 0 saturated carbocycles. The molecule has 2 aromatic heterocycles. The maximum absolute atomic E-state index is 5.40. The predicted octanol–water partition coefficient (Wildman–Crippen LogP) is 0.751. The van der Waals surface area contributed by atoms with Gasteiger partial charge >= 0.3 is 0 Å². The number of aromatic nitrogens is 2. The topological polar surface area (TPSA) is 116 Å². The first-order valence-corrected chi connectivity index (χ1v) is 5.31. The van der Waals surface area contributed by atoms with Gasteiger partial charge in [-0.2, -0.15) is 10.1 Å². The summed E-state index contributed by atoms with van der Waals surface area (Å²) in [6, 6.07) is 3.50. The van der Waals surface area contributed by atoms with Crippen molar-refractivity contribution in [3.8, 4) is 11.6 Å². The van der Waals surface area contributed by atoms with Gasteiger partial charge in [-0.05, 0) is 12.1 Å². The summed E-state index contributed by atoms with van der Waals surface area (Å²) in [5.41, 5.74) is 5.40. The van der Waals surface area contributed by atoms with E-state index >= 15 is 0 Å². The van der Waals surface area contributed by atoms with Crippen molar-refractivity contribution in [2.24, 2.45) is 16.7 Å². The predicted molar refractivity (Wildman–Crippen MR) is 59.1 cm³/mol. The van der Waals surface area contributed by atoms with Crippen LogP contribution in [-0.2, 0) is 5.75 Å². The van der Waals surface area contributed by atoms with Crippen molar-refractivity contribution in [1.29, 1.82) is 0 Å². The summed E-state index contributed by atoms with van der Waals surface area (Å²) >= 11 is 1.22. The van der Waals surface area contributed by atoms with Crippen LogP contribution in [0.4, 0.5) is 0 Å². The van der Waals surface area contributed by atoms with E-state index in [0.717, 1.165) is 0 Å². The SMILES string of the molecule is NN=C(N)SCc1nc(-c2ccco2)no1. The Morgan fingerprint density at radius 3 is 3.12 bits per heavy atom. The first-order chi connectivity index (χ1) is 7.79. The lowest BCUT2D eigenvalue weighted by atomic mass is 10.4. The molecule has 0 saturated heterocycles. The van der Waals surface area contributed by atoms with Gasteiger partial charge in [0.1, 0.15) is 0 Å². The van der Waals surface area contributed by atoms with Crippen molar-refractivity contribution in [2.45, 2.75) is 5.75 Å². The summed E-state index contributed by atoms with van der Waals surface area (Å²) in [6.07, 6.45) is 1.54. The van der Waals surface area contributed by atoms with Crippen LogP contribution >= 0.6 is 11.8 Å². The molecule has 0 amide bonds. The first-order valence-electron chi connectivity index (χ1n) is 4.32. The Hall–Kier alpha value is -1.96. The highest BCUT2D eigenvalue weighted by molar-refractivity contribution is 8.13. The smallest absolute Gasteiger partial charge is 0.238 e. The Morgan fingerprint density at radius 1 is 1.56 bits per heavy atom. The van der Waals surface area contributed by atoms with Crippen LogP contribution in [0.2, 0.25) is 0 Å². The molecule has 8 heteroatoms. The number of amidine groups is 1. The molecular weight excluding hydrogens is 230 g/mol. The molecule has 4 N–H and O–H groups in total. The molecule has 2 heterocycles. The highest BCUT2D eigenvalue weighted by Crippen LogP contribution is 2.17. The number of thioether (sulfide) groups is 1. The summed E-state index contributed by atoms with van der Waals surface area (Å²) in [7, 11) is 0. The quantitative estimate of drug-likeness (QED) is 0.351. The fourth-order valence-electron chi connectivity index (χ4n) is 0.992. The van der Waals surface area contributed by atoms with E-state index in [-0.39, 0.29) is 5.17 Å². The van der Waals surface area contributed by atoms with Crippen molar-refractivity contribution in [3.05, 3.63) is 24.3 Å². The Kier molecular flexibility index (Phi) is 3.10. The number of furan rings is 1. The molecule has 84 valence electrons. The van der Waals surface area contributed by atoms with Crippen molar-refractivity contribution in [1.82, 2.24) is 10.1 Å². The molecule has 16 heavy (non-hydrogen) atoms. The van der Waals surface area contributed by atoms with E-state index in [1.165, 1.54) is 11.8 Å². The van der Waals surface area contributed by atoms with Crippen molar-refractivity contribution < 1.29 is 8.94 Å². The molecular formula is C8H9N5O2S. The molecule has 0 atom stereocenters. The van der Waals surface area contributed by atoms with Gasteiger partial charge in [0.25, 0.3) is 0 Å². The average molecular weight is 239 g/mol. The van der Waals surface area contributed by atoms with E-state index in [1.54, 1.807) is 18.4 Å². The van der Waals surface area contributed by atoms with E-state index in [4.69, 9.17) is 20.5 Å². The largest absolute Gasteiger partial charge is 0.461 e.